The van der Waals surface area contributed by atoms with Gasteiger partial charge in [0.2, 0.25) is 0 Å². The molecule has 1 heterocycles. The Bertz CT molecular complexity index is 739. The highest BCUT2D eigenvalue weighted by Crippen LogP contribution is 2.32. The minimum atomic E-state index is -0.355. The van der Waals surface area contributed by atoms with Crippen LogP contribution in [0.5, 0.6) is 17.2 Å². The van der Waals surface area contributed by atoms with E-state index in [0.717, 1.165) is 0 Å². The van der Waals surface area contributed by atoms with Gasteiger partial charge in [-0.2, -0.15) is 5.10 Å². The largest absolute Gasteiger partial charge is 0.496 e. The second kappa shape index (κ2) is 7.54. The van der Waals surface area contributed by atoms with E-state index in [2.05, 4.69) is 10.5 Å². The van der Waals surface area contributed by atoms with Crippen LogP contribution in [0.2, 0.25) is 0 Å². The van der Waals surface area contributed by atoms with Gasteiger partial charge in [0.05, 0.1) is 38.7 Å². The normalized spacial score (nSPS) is 10.7. The van der Waals surface area contributed by atoms with Crippen LogP contribution in [0.4, 0.5) is 0 Å². The predicted molar refractivity (Wildman–Crippen MR) is 89.3 cm³/mol. The quantitative estimate of drug-likeness (QED) is 0.649. The molecule has 7 nitrogen and oxygen atoms in total. The summed E-state index contributed by atoms with van der Waals surface area (Å²) in [5.41, 5.74) is 3.49. The van der Waals surface area contributed by atoms with E-state index in [0.29, 0.717) is 39.9 Å². The van der Waals surface area contributed by atoms with Gasteiger partial charge in [-0.3, -0.25) is 4.79 Å². The molecule has 0 saturated carbocycles. The van der Waals surface area contributed by atoms with E-state index in [1.165, 1.54) is 20.4 Å². The van der Waals surface area contributed by atoms with Gasteiger partial charge in [-0.1, -0.05) is 0 Å². The molecule has 2 rings (SSSR count). The van der Waals surface area contributed by atoms with Crippen molar-refractivity contribution in [1.29, 1.82) is 0 Å². The monoisotopic (exact) mass is 332 g/mol. The molecule has 0 bridgehead atoms. The maximum Gasteiger partial charge on any atom is 0.274 e. The lowest BCUT2D eigenvalue weighted by Crippen LogP contribution is -2.18. The number of rotatable bonds is 6. The lowest BCUT2D eigenvalue weighted by molar-refractivity contribution is 0.0953. The number of nitrogens with zero attached hydrogens (tertiary/aromatic N) is 1. The Morgan fingerprint density at radius 2 is 1.71 bits per heavy atom. The Hall–Kier alpha value is -2.96. The van der Waals surface area contributed by atoms with Gasteiger partial charge >= 0.3 is 0 Å². The van der Waals surface area contributed by atoms with Gasteiger partial charge in [0.25, 0.3) is 5.91 Å². The molecule has 0 spiro atoms. The fraction of sp³-hybridized carbons (Fsp3) is 0.294. The first-order chi connectivity index (χ1) is 11.5. The molecular formula is C17H20N2O5. The SMILES string of the molecule is COc1cc(OC)c(/C=N/NC(=O)c2cc(C)oc2C)c(OC)c1. The summed E-state index contributed by atoms with van der Waals surface area (Å²) >= 11 is 0. The number of carbonyl (C=O) groups is 1. The zero-order valence-corrected chi connectivity index (χ0v) is 14.3. The van der Waals surface area contributed by atoms with Crippen molar-refractivity contribution >= 4 is 12.1 Å². The summed E-state index contributed by atoms with van der Waals surface area (Å²) < 4.78 is 21.1. The molecular weight excluding hydrogens is 312 g/mol. The smallest absolute Gasteiger partial charge is 0.274 e. The molecule has 128 valence electrons. The Labute approximate surface area is 140 Å². The van der Waals surface area contributed by atoms with E-state index >= 15 is 0 Å². The van der Waals surface area contributed by atoms with Gasteiger partial charge in [0, 0.05) is 12.1 Å². The van der Waals surface area contributed by atoms with E-state index in [-0.39, 0.29) is 5.91 Å². The number of hydrogen-bond acceptors (Lipinski definition) is 6. The molecule has 0 aliphatic rings. The molecule has 1 amide bonds. The molecule has 1 N–H and O–H groups in total. The lowest BCUT2D eigenvalue weighted by Gasteiger charge is -2.12. The summed E-state index contributed by atoms with van der Waals surface area (Å²) in [6.07, 6.45) is 1.46. The fourth-order valence-corrected chi connectivity index (χ4v) is 2.23. The van der Waals surface area contributed by atoms with Crippen LogP contribution in [0, 0.1) is 13.8 Å². The molecule has 0 aliphatic heterocycles. The van der Waals surface area contributed by atoms with Crippen LogP contribution in [-0.4, -0.2) is 33.5 Å². The predicted octanol–water partition coefficient (Wildman–Crippen LogP) is 2.69. The van der Waals surface area contributed by atoms with Crippen molar-refractivity contribution in [2.75, 3.05) is 21.3 Å². The number of ether oxygens (including phenoxy) is 3. The molecule has 1 aromatic carbocycles. The van der Waals surface area contributed by atoms with Crippen molar-refractivity contribution < 1.29 is 23.4 Å². The van der Waals surface area contributed by atoms with E-state index in [9.17, 15) is 4.79 Å². The van der Waals surface area contributed by atoms with Gasteiger partial charge in [0.1, 0.15) is 28.8 Å². The Morgan fingerprint density at radius 1 is 1.08 bits per heavy atom. The third kappa shape index (κ3) is 3.68. The van der Waals surface area contributed by atoms with Gasteiger partial charge < -0.3 is 18.6 Å². The van der Waals surface area contributed by atoms with Crippen molar-refractivity contribution in [3.63, 3.8) is 0 Å². The number of aryl methyl sites for hydroxylation is 2. The highest BCUT2D eigenvalue weighted by atomic mass is 16.5. The zero-order chi connectivity index (χ0) is 17.7. The second-order valence-corrected chi connectivity index (χ2v) is 4.97. The molecule has 7 heteroatoms. The minimum absolute atomic E-state index is 0.355. The average Bonchev–Trinajstić information content (AvgIpc) is 2.92. The third-order valence-electron chi connectivity index (χ3n) is 3.40. The molecule has 0 aliphatic carbocycles. The molecule has 0 saturated heterocycles. The molecule has 0 unspecified atom stereocenters. The van der Waals surface area contributed by atoms with Crippen molar-refractivity contribution in [2.45, 2.75) is 13.8 Å². The average molecular weight is 332 g/mol. The molecule has 0 atom stereocenters. The van der Waals surface area contributed by atoms with Gasteiger partial charge in [0.15, 0.2) is 0 Å². The highest BCUT2D eigenvalue weighted by molar-refractivity contribution is 5.96. The highest BCUT2D eigenvalue weighted by Gasteiger charge is 2.14. The number of furan rings is 1. The minimum Gasteiger partial charge on any atom is -0.496 e. The van der Waals surface area contributed by atoms with E-state index < -0.39 is 0 Å². The van der Waals surface area contributed by atoms with Gasteiger partial charge in [-0.15, -0.1) is 0 Å². The number of amides is 1. The first-order valence-corrected chi connectivity index (χ1v) is 7.20. The standard InChI is InChI=1S/C17H20N2O5/c1-10-6-13(11(2)24-10)17(20)19-18-9-14-15(22-4)7-12(21-3)8-16(14)23-5/h6-9H,1-5H3,(H,19,20)/b18-9+. The Kier molecular flexibility index (Phi) is 5.47. The topological polar surface area (TPSA) is 82.3 Å². The van der Waals surface area contributed by atoms with Gasteiger partial charge in [-0.25, -0.2) is 5.43 Å². The summed E-state index contributed by atoms with van der Waals surface area (Å²) in [7, 11) is 4.61. The lowest BCUT2D eigenvalue weighted by atomic mass is 10.2. The van der Waals surface area contributed by atoms with Crippen molar-refractivity contribution in [3.05, 3.63) is 40.8 Å². The number of hydrazone groups is 1. The summed E-state index contributed by atoms with van der Waals surface area (Å²) in [6.45, 7) is 3.50. The van der Waals surface area contributed by atoms with Crippen molar-refractivity contribution in [1.82, 2.24) is 5.43 Å². The zero-order valence-electron chi connectivity index (χ0n) is 14.3. The summed E-state index contributed by atoms with van der Waals surface area (Å²) in [5, 5.41) is 3.97. The molecule has 24 heavy (non-hydrogen) atoms. The van der Waals surface area contributed by atoms with Crippen LogP contribution in [-0.2, 0) is 0 Å². The first kappa shape index (κ1) is 17.4. The fourth-order valence-electron chi connectivity index (χ4n) is 2.23. The molecule has 1 aromatic heterocycles. The van der Waals surface area contributed by atoms with Crippen LogP contribution in [0.15, 0.2) is 27.7 Å². The van der Waals surface area contributed by atoms with Gasteiger partial charge in [-0.05, 0) is 19.9 Å². The third-order valence-corrected chi connectivity index (χ3v) is 3.40. The number of benzene rings is 1. The Balaban J connectivity index is 2.22. The first-order valence-electron chi connectivity index (χ1n) is 7.20. The van der Waals surface area contributed by atoms with E-state index in [1.807, 2.05) is 0 Å². The van der Waals surface area contributed by atoms with Crippen LogP contribution in [0.3, 0.4) is 0 Å². The second-order valence-electron chi connectivity index (χ2n) is 4.97. The van der Waals surface area contributed by atoms with Crippen LogP contribution < -0.4 is 19.6 Å². The summed E-state index contributed by atoms with van der Waals surface area (Å²) in [6, 6.07) is 5.07. The number of hydrogen-bond donors (Lipinski definition) is 1. The molecule has 0 fully saturated rings. The van der Waals surface area contributed by atoms with E-state index in [1.54, 1.807) is 39.2 Å². The number of nitrogens with one attached hydrogen (secondary N) is 1. The van der Waals surface area contributed by atoms with Crippen LogP contribution in [0.25, 0.3) is 0 Å². The molecule has 0 radical (unpaired) electrons. The van der Waals surface area contributed by atoms with Crippen LogP contribution >= 0.6 is 0 Å². The number of carbonyl (C=O) groups excluding carboxylic acids is 1. The van der Waals surface area contributed by atoms with Crippen LogP contribution in [0.1, 0.15) is 27.4 Å². The maximum absolute atomic E-state index is 12.1. The molecule has 2 aromatic rings. The van der Waals surface area contributed by atoms with E-state index in [4.69, 9.17) is 18.6 Å². The Morgan fingerprint density at radius 3 is 2.17 bits per heavy atom. The number of methoxy groups -OCH3 is 3. The van der Waals surface area contributed by atoms with Crippen molar-refractivity contribution in [3.8, 4) is 17.2 Å². The maximum atomic E-state index is 12.1. The summed E-state index contributed by atoms with van der Waals surface area (Å²) in [5.74, 6) is 2.47. The summed E-state index contributed by atoms with van der Waals surface area (Å²) in [4.78, 5) is 12.1. The van der Waals surface area contributed by atoms with Crippen molar-refractivity contribution in [2.24, 2.45) is 5.10 Å².